The summed E-state index contributed by atoms with van der Waals surface area (Å²) in [6.07, 6.45) is 3.30. The molecule has 0 aromatic heterocycles. The van der Waals surface area contributed by atoms with Crippen LogP contribution in [0.2, 0.25) is 0 Å². The predicted molar refractivity (Wildman–Crippen MR) is 61.5 cm³/mol. The lowest BCUT2D eigenvalue weighted by Gasteiger charge is -2.22. The quantitative estimate of drug-likeness (QED) is 0.234. The molecule has 5 heteroatoms. The molecule has 1 heterocycles. The smallest absolute Gasteiger partial charge is 0.208 e. The molecule has 0 radical (unpaired) electrons. The minimum Gasteiger partial charge on any atom is -0.380 e. The van der Waals surface area contributed by atoms with Crippen LogP contribution in [0.15, 0.2) is 4.99 Å². The summed E-state index contributed by atoms with van der Waals surface area (Å²) >= 11 is 0. The minimum atomic E-state index is 0.758. The Labute approximate surface area is 91.6 Å². The molecule has 1 aliphatic rings. The van der Waals surface area contributed by atoms with Crippen molar-refractivity contribution in [2.75, 3.05) is 32.8 Å². The highest BCUT2D eigenvalue weighted by Crippen LogP contribution is 1.99. The van der Waals surface area contributed by atoms with Gasteiger partial charge in [-0.1, -0.05) is 13.3 Å². The zero-order valence-electron chi connectivity index (χ0n) is 9.54. The Bertz CT molecular complexity index is 188. The van der Waals surface area contributed by atoms with Gasteiger partial charge in [-0.3, -0.25) is 10.4 Å². The van der Waals surface area contributed by atoms with Gasteiger partial charge < -0.3 is 9.64 Å². The molecule has 0 amide bonds. The summed E-state index contributed by atoms with van der Waals surface area (Å²) in [4.78, 5) is 6.60. The van der Waals surface area contributed by atoms with Gasteiger partial charge in [0, 0.05) is 26.2 Å². The zero-order chi connectivity index (χ0) is 10.9. The normalized spacial score (nSPS) is 18.8. The molecule has 0 aliphatic carbocycles. The number of rotatable bonds is 3. The molecule has 5 nitrogen and oxygen atoms in total. The highest BCUT2D eigenvalue weighted by Gasteiger charge is 2.12. The van der Waals surface area contributed by atoms with Crippen LogP contribution in [0.4, 0.5) is 0 Å². The number of unbranched alkanes of at least 4 members (excludes halogenated alkanes) is 1. The van der Waals surface area contributed by atoms with Gasteiger partial charge in [-0.15, -0.1) is 0 Å². The van der Waals surface area contributed by atoms with E-state index < -0.39 is 0 Å². The number of guanidine groups is 1. The Morgan fingerprint density at radius 2 is 2.33 bits per heavy atom. The van der Waals surface area contributed by atoms with E-state index in [0.29, 0.717) is 0 Å². The fourth-order valence-electron chi connectivity index (χ4n) is 1.54. The lowest BCUT2D eigenvalue weighted by Crippen LogP contribution is -2.46. The molecule has 88 valence electrons. The van der Waals surface area contributed by atoms with Gasteiger partial charge in [-0.05, 0) is 12.8 Å². The molecule has 3 N–H and O–H groups in total. The van der Waals surface area contributed by atoms with Crippen LogP contribution in [-0.2, 0) is 4.74 Å². The largest absolute Gasteiger partial charge is 0.380 e. The van der Waals surface area contributed by atoms with Crippen LogP contribution in [0.1, 0.15) is 26.2 Å². The number of hydrogen-bond acceptors (Lipinski definition) is 3. The number of ether oxygens (including phenoxy) is 1. The summed E-state index contributed by atoms with van der Waals surface area (Å²) in [5, 5.41) is 0. The minimum absolute atomic E-state index is 0.758. The van der Waals surface area contributed by atoms with Gasteiger partial charge in [0.1, 0.15) is 0 Å². The van der Waals surface area contributed by atoms with Crippen LogP contribution >= 0.6 is 0 Å². The third-order valence-electron chi connectivity index (χ3n) is 2.42. The van der Waals surface area contributed by atoms with Gasteiger partial charge in [0.2, 0.25) is 5.96 Å². The molecule has 0 unspecified atom stereocenters. The van der Waals surface area contributed by atoms with Gasteiger partial charge in [-0.25, -0.2) is 5.84 Å². The molecule has 1 aliphatic heterocycles. The van der Waals surface area contributed by atoms with E-state index in [9.17, 15) is 0 Å². The zero-order valence-corrected chi connectivity index (χ0v) is 9.54. The highest BCUT2D eigenvalue weighted by atomic mass is 16.5. The van der Waals surface area contributed by atoms with Crippen molar-refractivity contribution in [3.8, 4) is 0 Å². The van der Waals surface area contributed by atoms with Crippen LogP contribution in [0.3, 0.4) is 0 Å². The molecule has 1 saturated heterocycles. The van der Waals surface area contributed by atoms with Gasteiger partial charge in [0.25, 0.3) is 0 Å². The lowest BCUT2D eigenvalue weighted by molar-refractivity contribution is 0.147. The SMILES string of the molecule is CCCCN=C(NN)N1CCCOCC1. The summed E-state index contributed by atoms with van der Waals surface area (Å²) in [5.41, 5.74) is 2.68. The van der Waals surface area contributed by atoms with Crippen molar-refractivity contribution in [2.24, 2.45) is 10.8 Å². The van der Waals surface area contributed by atoms with Crippen LogP contribution in [0.25, 0.3) is 0 Å². The second-order valence-electron chi connectivity index (χ2n) is 3.66. The number of nitrogens with two attached hydrogens (primary N) is 1. The first-order valence-corrected chi connectivity index (χ1v) is 5.72. The predicted octanol–water partition coefficient (Wildman–Crippen LogP) is 0.328. The standard InChI is InChI=1S/C10H22N4O/c1-2-3-5-12-10(13-11)14-6-4-8-15-9-7-14/h2-9,11H2,1H3,(H,12,13). The average Bonchev–Trinajstić information content (AvgIpc) is 2.53. The van der Waals surface area contributed by atoms with E-state index in [4.69, 9.17) is 10.6 Å². The summed E-state index contributed by atoms with van der Waals surface area (Å²) in [5.74, 6) is 6.27. The molecule has 15 heavy (non-hydrogen) atoms. The topological polar surface area (TPSA) is 62.9 Å². The first kappa shape index (κ1) is 12.3. The number of hydrazine groups is 1. The summed E-state index contributed by atoms with van der Waals surface area (Å²) in [7, 11) is 0. The summed E-state index contributed by atoms with van der Waals surface area (Å²) in [6, 6.07) is 0. The Morgan fingerprint density at radius 3 is 3.07 bits per heavy atom. The molecule has 1 rings (SSSR count). The molecule has 0 spiro atoms. The average molecular weight is 214 g/mol. The Kier molecular flexibility index (Phi) is 6.11. The molecule has 1 fully saturated rings. The van der Waals surface area contributed by atoms with Crippen molar-refractivity contribution >= 4 is 5.96 Å². The van der Waals surface area contributed by atoms with E-state index in [1.54, 1.807) is 0 Å². The van der Waals surface area contributed by atoms with Gasteiger partial charge in [0.15, 0.2) is 0 Å². The number of hydrogen-bond donors (Lipinski definition) is 2. The monoisotopic (exact) mass is 214 g/mol. The Balaban J connectivity index is 2.43. The molecular formula is C10H22N4O. The maximum Gasteiger partial charge on any atom is 0.208 e. The van der Waals surface area contributed by atoms with Crippen LogP contribution < -0.4 is 11.3 Å². The first-order valence-electron chi connectivity index (χ1n) is 5.72. The fourth-order valence-corrected chi connectivity index (χ4v) is 1.54. The van der Waals surface area contributed by atoms with E-state index in [0.717, 1.165) is 58.1 Å². The Hall–Kier alpha value is -0.810. The van der Waals surface area contributed by atoms with Crippen molar-refractivity contribution in [3.63, 3.8) is 0 Å². The van der Waals surface area contributed by atoms with Crippen molar-refractivity contribution in [2.45, 2.75) is 26.2 Å². The molecular weight excluding hydrogens is 192 g/mol. The number of nitrogens with one attached hydrogen (secondary N) is 1. The third kappa shape index (κ3) is 4.48. The molecule has 0 saturated carbocycles. The fraction of sp³-hybridized carbons (Fsp3) is 0.900. The van der Waals surface area contributed by atoms with Gasteiger partial charge in [-0.2, -0.15) is 0 Å². The van der Waals surface area contributed by atoms with E-state index in [2.05, 4.69) is 22.2 Å². The highest BCUT2D eigenvalue weighted by molar-refractivity contribution is 5.79. The number of aliphatic imine (C=N–C) groups is 1. The Morgan fingerprint density at radius 1 is 1.47 bits per heavy atom. The maximum absolute atomic E-state index is 5.47. The second kappa shape index (κ2) is 7.48. The van der Waals surface area contributed by atoms with Crippen LogP contribution in [0, 0.1) is 0 Å². The van der Waals surface area contributed by atoms with E-state index >= 15 is 0 Å². The van der Waals surface area contributed by atoms with Crippen molar-refractivity contribution < 1.29 is 4.74 Å². The van der Waals surface area contributed by atoms with Crippen LogP contribution in [0.5, 0.6) is 0 Å². The van der Waals surface area contributed by atoms with Crippen molar-refractivity contribution in [3.05, 3.63) is 0 Å². The summed E-state index contributed by atoms with van der Waals surface area (Å²) < 4.78 is 5.38. The van der Waals surface area contributed by atoms with Crippen molar-refractivity contribution in [1.82, 2.24) is 10.3 Å². The van der Waals surface area contributed by atoms with Gasteiger partial charge >= 0.3 is 0 Å². The molecule has 0 bridgehead atoms. The van der Waals surface area contributed by atoms with Gasteiger partial charge in [0.05, 0.1) is 6.61 Å². The third-order valence-corrected chi connectivity index (χ3v) is 2.42. The molecule has 0 aromatic rings. The number of nitrogens with zero attached hydrogens (tertiary/aromatic N) is 2. The second-order valence-corrected chi connectivity index (χ2v) is 3.66. The summed E-state index contributed by atoms with van der Waals surface area (Å²) in [6.45, 7) is 6.43. The molecule has 0 atom stereocenters. The molecule has 0 aromatic carbocycles. The van der Waals surface area contributed by atoms with E-state index in [1.807, 2.05) is 0 Å². The van der Waals surface area contributed by atoms with E-state index in [-0.39, 0.29) is 0 Å². The van der Waals surface area contributed by atoms with Crippen LogP contribution in [-0.4, -0.2) is 43.7 Å². The maximum atomic E-state index is 5.47. The first-order chi connectivity index (χ1) is 7.38. The van der Waals surface area contributed by atoms with Crippen molar-refractivity contribution in [1.29, 1.82) is 0 Å². The van der Waals surface area contributed by atoms with E-state index in [1.165, 1.54) is 0 Å². The lowest BCUT2D eigenvalue weighted by atomic mass is 10.3.